The highest BCUT2D eigenvalue weighted by molar-refractivity contribution is 7.15. The number of imidazole rings is 1. The minimum Gasteiger partial charge on any atom is -0.320 e. The van der Waals surface area contributed by atoms with E-state index in [9.17, 15) is 4.79 Å². The number of nitrogens with zero attached hydrogens (tertiary/aromatic N) is 2. The second-order valence-electron chi connectivity index (χ2n) is 4.57. The first-order valence-electron chi connectivity index (χ1n) is 6.05. The van der Waals surface area contributed by atoms with Gasteiger partial charge in [-0.1, -0.05) is 11.6 Å². The molecule has 0 spiro atoms. The van der Waals surface area contributed by atoms with E-state index in [4.69, 9.17) is 11.6 Å². The summed E-state index contributed by atoms with van der Waals surface area (Å²) in [7, 11) is 0. The van der Waals surface area contributed by atoms with Gasteiger partial charge in [0.05, 0.1) is 0 Å². The van der Waals surface area contributed by atoms with Crippen LogP contribution in [0.5, 0.6) is 0 Å². The van der Waals surface area contributed by atoms with Gasteiger partial charge in [0, 0.05) is 28.0 Å². The minimum atomic E-state index is -0.217. The van der Waals surface area contributed by atoms with E-state index in [0.29, 0.717) is 10.7 Å². The molecule has 0 fully saturated rings. The molecule has 0 saturated heterocycles. The summed E-state index contributed by atoms with van der Waals surface area (Å²) in [6, 6.07) is 5.35. The lowest BCUT2D eigenvalue weighted by Crippen LogP contribution is -2.13. The number of aromatic nitrogens is 2. The Morgan fingerprint density at radius 2 is 2.20 bits per heavy atom. The number of carbonyl (C=O) groups is 1. The number of nitrogens with one attached hydrogen (secondary N) is 1. The molecule has 0 aliphatic carbocycles. The van der Waals surface area contributed by atoms with E-state index >= 15 is 0 Å². The van der Waals surface area contributed by atoms with Gasteiger partial charge in [0.25, 0.3) is 5.91 Å². The molecule has 0 unspecified atom stereocenters. The van der Waals surface area contributed by atoms with Crippen LogP contribution in [-0.4, -0.2) is 15.3 Å². The minimum absolute atomic E-state index is 0.217. The number of benzene rings is 1. The second-order valence-corrected chi connectivity index (χ2v) is 5.84. The van der Waals surface area contributed by atoms with Crippen molar-refractivity contribution in [3.05, 3.63) is 51.7 Å². The quantitative estimate of drug-likeness (QED) is 0.780. The first kappa shape index (κ1) is 13.1. The normalized spacial score (nSPS) is 10.9. The Balaban J connectivity index is 1.88. The topological polar surface area (TPSA) is 46.4 Å². The Morgan fingerprint density at radius 1 is 1.40 bits per heavy atom. The fourth-order valence-electron chi connectivity index (χ4n) is 1.96. The van der Waals surface area contributed by atoms with Gasteiger partial charge in [0.15, 0.2) is 4.96 Å². The van der Waals surface area contributed by atoms with Crippen molar-refractivity contribution in [2.75, 3.05) is 5.32 Å². The van der Waals surface area contributed by atoms with E-state index in [1.807, 2.05) is 29.7 Å². The molecule has 102 valence electrons. The van der Waals surface area contributed by atoms with Gasteiger partial charge in [-0.2, -0.15) is 0 Å². The van der Waals surface area contributed by atoms with Crippen molar-refractivity contribution >= 4 is 39.5 Å². The van der Waals surface area contributed by atoms with Gasteiger partial charge in [-0.15, -0.1) is 11.3 Å². The summed E-state index contributed by atoms with van der Waals surface area (Å²) in [6.07, 6.45) is 1.75. The maximum absolute atomic E-state index is 12.2. The summed E-state index contributed by atoms with van der Waals surface area (Å²) < 4.78 is 1.91. The molecule has 3 rings (SSSR count). The van der Waals surface area contributed by atoms with Crippen molar-refractivity contribution < 1.29 is 4.79 Å². The Hall–Kier alpha value is -1.85. The first-order valence-corrected chi connectivity index (χ1v) is 7.31. The highest BCUT2D eigenvalue weighted by Gasteiger charge is 2.13. The Labute approximate surface area is 125 Å². The van der Waals surface area contributed by atoms with E-state index in [1.165, 1.54) is 11.3 Å². The molecule has 0 aliphatic heterocycles. The molecule has 3 aromatic rings. The predicted molar refractivity (Wildman–Crippen MR) is 81.9 cm³/mol. The van der Waals surface area contributed by atoms with Gasteiger partial charge in [-0.3, -0.25) is 9.20 Å². The van der Waals surface area contributed by atoms with Crippen molar-refractivity contribution in [3.63, 3.8) is 0 Å². The van der Waals surface area contributed by atoms with Crippen molar-refractivity contribution in [2.45, 2.75) is 13.8 Å². The first-order chi connectivity index (χ1) is 9.54. The van der Waals surface area contributed by atoms with Crippen molar-refractivity contribution in [1.29, 1.82) is 0 Å². The third-order valence-corrected chi connectivity index (χ3v) is 4.25. The molecule has 4 nitrogen and oxygen atoms in total. The van der Waals surface area contributed by atoms with E-state index < -0.39 is 0 Å². The number of thiazole rings is 1. The molecule has 0 radical (unpaired) electrons. The maximum atomic E-state index is 12.2. The number of carbonyl (C=O) groups excluding carboxylic acids is 1. The maximum Gasteiger partial charge on any atom is 0.275 e. The third kappa shape index (κ3) is 2.30. The summed E-state index contributed by atoms with van der Waals surface area (Å²) in [5.41, 5.74) is 3.14. The third-order valence-electron chi connectivity index (χ3n) is 3.06. The molecular formula is C14H12ClN3OS. The summed E-state index contributed by atoms with van der Waals surface area (Å²) >= 11 is 7.42. The largest absolute Gasteiger partial charge is 0.320 e. The molecule has 2 aromatic heterocycles. The number of aryl methyl sites for hydroxylation is 2. The van der Waals surface area contributed by atoms with Gasteiger partial charge in [0.1, 0.15) is 5.69 Å². The zero-order chi connectivity index (χ0) is 14.3. The van der Waals surface area contributed by atoms with Crippen molar-refractivity contribution in [1.82, 2.24) is 9.38 Å². The van der Waals surface area contributed by atoms with Crippen LogP contribution < -0.4 is 5.32 Å². The zero-order valence-corrected chi connectivity index (χ0v) is 12.5. The fraction of sp³-hybridized carbons (Fsp3) is 0.143. The van der Waals surface area contributed by atoms with Gasteiger partial charge in [-0.05, 0) is 37.6 Å². The smallest absolute Gasteiger partial charge is 0.275 e. The van der Waals surface area contributed by atoms with E-state index in [-0.39, 0.29) is 5.91 Å². The molecule has 20 heavy (non-hydrogen) atoms. The molecule has 1 amide bonds. The van der Waals surface area contributed by atoms with Gasteiger partial charge in [-0.25, -0.2) is 4.98 Å². The summed E-state index contributed by atoms with van der Waals surface area (Å²) in [5.74, 6) is -0.217. The zero-order valence-electron chi connectivity index (χ0n) is 11.0. The lowest BCUT2D eigenvalue weighted by molar-refractivity contribution is 0.102. The number of rotatable bonds is 2. The molecule has 1 N–H and O–H groups in total. The Kier molecular flexibility index (Phi) is 3.23. The van der Waals surface area contributed by atoms with Crippen LogP contribution in [-0.2, 0) is 0 Å². The lowest BCUT2D eigenvalue weighted by Gasteiger charge is -2.07. The van der Waals surface area contributed by atoms with Crippen LogP contribution in [0.2, 0.25) is 5.02 Å². The van der Waals surface area contributed by atoms with Crippen LogP contribution in [0.1, 0.15) is 21.7 Å². The van der Waals surface area contributed by atoms with E-state index in [2.05, 4.69) is 10.3 Å². The molecular weight excluding hydrogens is 294 g/mol. The monoisotopic (exact) mass is 305 g/mol. The van der Waals surface area contributed by atoms with Gasteiger partial charge < -0.3 is 5.32 Å². The Morgan fingerprint density at radius 3 is 2.90 bits per heavy atom. The van der Waals surface area contributed by atoms with Crippen LogP contribution in [0.25, 0.3) is 4.96 Å². The molecule has 6 heteroatoms. The van der Waals surface area contributed by atoms with Crippen LogP contribution in [0, 0.1) is 13.8 Å². The average Bonchev–Trinajstić information content (AvgIpc) is 2.96. The predicted octanol–water partition coefficient (Wildman–Crippen LogP) is 3.92. The van der Waals surface area contributed by atoms with Gasteiger partial charge in [0.2, 0.25) is 0 Å². The molecule has 1 aromatic carbocycles. The molecule has 0 bridgehead atoms. The molecule has 0 aliphatic rings. The number of anilines is 1. The van der Waals surface area contributed by atoms with E-state index in [0.717, 1.165) is 21.9 Å². The molecule has 2 heterocycles. The van der Waals surface area contributed by atoms with Crippen molar-refractivity contribution in [3.8, 4) is 0 Å². The highest BCUT2D eigenvalue weighted by Crippen LogP contribution is 2.21. The summed E-state index contributed by atoms with van der Waals surface area (Å²) in [5, 5.41) is 5.51. The summed E-state index contributed by atoms with van der Waals surface area (Å²) in [4.78, 5) is 17.4. The fourth-order valence-corrected chi connectivity index (χ4v) is 3.03. The number of amides is 1. The molecule has 0 atom stereocenters. The summed E-state index contributed by atoms with van der Waals surface area (Å²) in [6.45, 7) is 3.88. The number of hydrogen-bond acceptors (Lipinski definition) is 3. The van der Waals surface area contributed by atoms with Crippen molar-refractivity contribution in [2.24, 2.45) is 0 Å². The average molecular weight is 306 g/mol. The Bertz CT molecular complexity index is 806. The van der Waals surface area contributed by atoms with E-state index in [1.54, 1.807) is 18.3 Å². The lowest BCUT2D eigenvalue weighted by atomic mass is 10.2. The van der Waals surface area contributed by atoms with Crippen LogP contribution >= 0.6 is 22.9 Å². The van der Waals surface area contributed by atoms with Gasteiger partial charge >= 0.3 is 0 Å². The SMILES string of the molecule is Cc1cc(Cl)ccc1NC(=O)c1cn2c(C)csc2n1. The van der Waals surface area contributed by atoms with Crippen LogP contribution in [0.15, 0.2) is 29.8 Å². The highest BCUT2D eigenvalue weighted by atomic mass is 35.5. The van der Waals surface area contributed by atoms with Crippen LogP contribution in [0.4, 0.5) is 5.69 Å². The number of halogens is 1. The second kappa shape index (κ2) is 4.92. The standard InChI is InChI=1S/C14H12ClN3OS/c1-8-5-10(15)3-4-11(8)16-13(19)12-6-18-9(2)7-20-14(18)17-12/h3-7H,1-2H3,(H,16,19). The molecule has 0 saturated carbocycles. The number of fused-ring (bicyclic) bond motifs is 1. The van der Waals surface area contributed by atoms with Crippen LogP contribution in [0.3, 0.4) is 0 Å². The number of hydrogen-bond donors (Lipinski definition) is 1.